The molecule has 1 amide bonds. The van der Waals surface area contributed by atoms with Crippen LogP contribution in [0.4, 0.5) is 5.69 Å². The highest BCUT2D eigenvalue weighted by Gasteiger charge is 2.23. The Morgan fingerprint density at radius 2 is 1.73 bits per heavy atom. The molecule has 1 aliphatic rings. The van der Waals surface area contributed by atoms with E-state index in [9.17, 15) is 15.0 Å². The Morgan fingerprint density at radius 3 is 2.54 bits per heavy atom. The number of rotatable bonds is 2. The summed E-state index contributed by atoms with van der Waals surface area (Å²) >= 11 is 1.23. The second-order valence-electron chi connectivity index (χ2n) is 5.76. The molecule has 0 spiro atoms. The molecular formula is C20H14N2O3S. The number of aliphatic imine (C=N–C) groups is 1. The van der Waals surface area contributed by atoms with Gasteiger partial charge in [0.2, 0.25) is 0 Å². The van der Waals surface area contributed by atoms with Crippen LogP contribution in [0, 0.1) is 0 Å². The number of carbonyl (C=O) groups excluding carboxylic acids is 1. The van der Waals surface area contributed by atoms with Crippen LogP contribution in [0.15, 0.2) is 70.6 Å². The quantitative estimate of drug-likeness (QED) is 0.473. The smallest absolute Gasteiger partial charge is 0.264 e. The normalized spacial score (nSPS) is 17.2. The Labute approximate surface area is 153 Å². The molecule has 3 aromatic carbocycles. The van der Waals surface area contributed by atoms with E-state index < -0.39 is 0 Å². The standard InChI is InChI=1S/C20H14N2O3S/c23-16-8-5-12(9-17(16)24)10-18-19(25)22-20(26-18)21-15-7-6-13-3-1-2-4-14(13)11-15/h1-11,23-24H,(H,21,22,25). The molecule has 128 valence electrons. The highest BCUT2D eigenvalue weighted by atomic mass is 32.2. The zero-order valence-corrected chi connectivity index (χ0v) is 14.3. The maximum atomic E-state index is 12.2. The number of aromatic hydroxyl groups is 2. The summed E-state index contributed by atoms with van der Waals surface area (Å²) in [6.07, 6.45) is 1.64. The second-order valence-corrected chi connectivity index (χ2v) is 6.79. The molecular weight excluding hydrogens is 348 g/mol. The van der Waals surface area contributed by atoms with E-state index in [4.69, 9.17) is 0 Å². The van der Waals surface area contributed by atoms with E-state index in [1.165, 1.54) is 23.9 Å². The predicted molar refractivity (Wildman–Crippen MR) is 105 cm³/mol. The summed E-state index contributed by atoms with van der Waals surface area (Å²) < 4.78 is 0. The number of hydrogen-bond acceptors (Lipinski definition) is 5. The highest BCUT2D eigenvalue weighted by Crippen LogP contribution is 2.31. The van der Waals surface area contributed by atoms with Crippen LogP contribution in [0.5, 0.6) is 11.5 Å². The molecule has 0 aromatic heterocycles. The van der Waals surface area contributed by atoms with Crippen molar-refractivity contribution in [2.75, 3.05) is 0 Å². The van der Waals surface area contributed by atoms with Crippen molar-refractivity contribution in [3.8, 4) is 11.5 Å². The van der Waals surface area contributed by atoms with E-state index >= 15 is 0 Å². The Morgan fingerprint density at radius 1 is 0.923 bits per heavy atom. The minimum atomic E-state index is -0.248. The van der Waals surface area contributed by atoms with Crippen molar-refractivity contribution in [3.05, 3.63) is 71.1 Å². The first-order valence-corrected chi connectivity index (χ1v) is 8.70. The number of amides is 1. The van der Waals surface area contributed by atoms with Crippen molar-refractivity contribution < 1.29 is 15.0 Å². The molecule has 0 bridgehead atoms. The largest absolute Gasteiger partial charge is 0.504 e. The van der Waals surface area contributed by atoms with Crippen molar-refractivity contribution in [3.63, 3.8) is 0 Å². The first-order valence-electron chi connectivity index (χ1n) is 7.89. The van der Waals surface area contributed by atoms with Crippen LogP contribution in [0.3, 0.4) is 0 Å². The zero-order chi connectivity index (χ0) is 18.1. The van der Waals surface area contributed by atoms with E-state index in [1.54, 1.807) is 12.1 Å². The molecule has 26 heavy (non-hydrogen) atoms. The fraction of sp³-hybridized carbons (Fsp3) is 0. The number of amidine groups is 1. The Balaban J connectivity index is 1.60. The highest BCUT2D eigenvalue weighted by molar-refractivity contribution is 8.18. The van der Waals surface area contributed by atoms with Crippen LogP contribution in [0.25, 0.3) is 16.8 Å². The Bertz CT molecular complexity index is 1090. The third kappa shape index (κ3) is 3.27. The van der Waals surface area contributed by atoms with E-state index in [-0.39, 0.29) is 17.4 Å². The van der Waals surface area contributed by atoms with E-state index in [0.717, 1.165) is 16.5 Å². The summed E-state index contributed by atoms with van der Waals surface area (Å²) in [5.41, 5.74) is 1.37. The number of nitrogens with one attached hydrogen (secondary N) is 1. The summed E-state index contributed by atoms with van der Waals surface area (Å²) in [6, 6.07) is 18.3. The third-order valence-electron chi connectivity index (χ3n) is 3.91. The molecule has 5 nitrogen and oxygen atoms in total. The summed E-state index contributed by atoms with van der Waals surface area (Å²) in [7, 11) is 0. The van der Waals surface area contributed by atoms with Crippen LogP contribution in [-0.2, 0) is 4.79 Å². The van der Waals surface area contributed by atoms with Gasteiger partial charge in [0.15, 0.2) is 16.7 Å². The van der Waals surface area contributed by atoms with Gasteiger partial charge in [-0.2, -0.15) is 0 Å². The van der Waals surface area contributed by atoms with Gasteiger partial charge in [-0.3, -0.25) is 4.79 Å². The van der Waals surface area contributed by atoms with Crippen LogP contribution in [0.2, 0.25) is 0 Å². The summed E-state index contributed by atoms with van der Waals surface area (Å²) in [4.78, 5) is 17.1. The number of phenols is 2. The number of nitrogens with zero attached hydrogens (tertiary/aromatic N) is 1. The van der Waals surface area contributed by atoms with Gasteiger partial charge in [0, 0.05) is 0 Å². The molecule has 0 saturated carbocycles. The van der Waals surface area contributed by atoms with E-state index in [2.05, 4.69) is 10.3 Å². The number of benzene rings is 3. The second kappa shape index (κ2) is 6.57. The molecule has 4 rings (SSSR count). The van der Waals surface area contributed by atoms with Gasteiger partial charge in [-0.25, -0.2) is 4.99 Å². The van der Waals surface area contributed by atoms with Crippen LogP contribution in [0.1, 0.15) is 5.56 Å². The van der Waals surface area contributed by atoms with Gasteiger partial charge in [0.1, 0.15) is 0 Å². The molecule has 0 unspecified atom stereocenters. The van der Waals surface area contributed by atoms with Crippen LogP contribution >= 0.6 is 11.8 Å². The van der Waals surface area contributed by atoms with Crippen LogP contribution in [-0.4, -0.2) is 21.3 Å². The van der Waals surface area contributed by atoms with Crippen molar-refractivity contribution in [1.82, 2.24) is 5.32 Å². The number of hydrogen-bond donors (Lipinski definition) is 3. The third-order valence-corrected chi connectivity index (χ3v) is 4.82. The fourth-order valence-electron chi connectivity index (χ4n) is 2.63. The zero-order valence-electron chi connectivity index (χ0n) is 13.5. The minimum absolute atomic E-state index is 0.200. The van der Waals surface area contributed by atoms with Gasteiger partial charge in [-0.1, -0.05) is 36.4 Å². The molecule has 0 atom stereocenters. The first-order chi connectivity index (χ1) is 12.6. The average molecular weight is 362 g/mol. The molecule has 3 aromatic rings. The molecule has 3 N–H and O–H groups in total. The molecule has 0 aliphatic carbocycles. The van der Waals surface area contributed by atoms with E-state index in [0.29, 0.717) is 15.6 Å². The fourth-order valence-corrected chi connectivity index (χ4v) is 3.47. The van der Waals surface area contributed by atoms with Crippen LogP contribution < -0.4 is 5.32 Å². The van der Waals surface area contributed by atoms with Crippen molar-refractivity contribution in [1.29, 1.82) is 0 Å². The van der Waals surface area contributed by atoms with Crippen molar-refractivity contribution in [2.45, 2.75) is 0 Å². The maximum Gasteiger partial charge on any atom is 0.264 e. The van der Waals surface area contributed by atoms with Gasteiger partial charge in [-0.15, -0.1) is 0 Å². The lowest BCUT2D eigenvalue weighted by molar-refractivity contribution is -0.115. The topological polar surface area (TPSA) is 81.9 Å². The average Bonchev–Trinajstić information content (AvgIpc) is 2.97. The minimum Gasteiger partial charge on any atom is -0.504 e. The first kappa shape index (κ1) is 16.2. The van der Waals surface area contributed by atoms with Gasteiger partial charge < -0.3 is 15.5 Å². The Kier molecular flexibility index (Phi) is 4.10. The Hall–Kier alpha value is -3.25. The lowest BCUT2D eigenvalue weighted by Gasteiger charge is -2.00. The van der Waals surface area contributed by atoms with Gasteiger partial charge >= 0.3 is 0 Å². The molecule has 0 radical (unpaired) electrons. The summed E-state index contributed by atoms with van der Waals surface area (Å²) in [5.74, 6) is -0.677. The lowest BCUT2D eigenvalue weighted by Crippen LogP contribution is -2.19. The molecule has 1 heterocycles. The summed E-state index contributed by atoms with van der Waals surface area (Å²) in [6.45, 7) is 0. The predicted octanol–water partition coefficient (Wildman–Crippen LogP) is 4.14. The molecule has 6 heteroatoms. The number of carbonyl (C=O) groups is 1. The molecule has 1 aliphatic heterocycles. The molecule has 1 fully saturated rings. The van der Waals surface area contributed by atoms with Gasteiger partial charge in [0.25, 0.3) is 5.91 Å². The number of phenolic OH excluding ortho intramolecular Hbond substituents is 2. The number of thioether (sulfide) groups is 1. The number of fused-ring (bicyclic) bond motifs is 1. The summed E-state index contributed by atoms with van der Waals surface area (Å²) in [5, 5.41) is 24.4. The van der Waals surface area contributed by atoms with E-state index in [1.807, 2.05) is 42.5 Å². The lowest BCUT2D eigenvalue weighted by atomic mass is 10.1. The monoisotopic (exact) mass is 362 g/mol. The van der Waals surface area contributed by atoms with Crippen molar-refractivity contribution in [2.24, 2.45) is 4.99 Å². The van der Waals surface area contributed by atoms with Gasteiger partial charge in [0.05, 0.1) is 10.6 Å². The van der Waals surface area contributed by atoms with Gasteiger partial charge in [-0.05, 0) is 58.4 Å². The maximum absolute atomic E-state index is 12.2. The van der Waals surface area contributed by atoms with Crippen molar-refractivity contribution >= 4 is 45.4 Å². The molecule has 1 saturated heterocycles. The SMILES string of the molecule is O=C1NC(=Nc2ccc3ccccc3c2)SC1=Cc1ccc(O)c(O)c1.